The lowest BCUT2D eigenvalue weighted by Crippen LogP contribution is -2.41. The summed E-state index contributed by atoms with van der Waals surface area (Å²) in [6.45, 7) is 5.82. The fraction of sp³-hybridized carbons (Fsp3) is 0.533. The molecule has 18 heavy (non-hydrogen) atoms. The van der Waals surface area contributed by atoms with E-state index in [1.807, 2.05) is 39.0 Å². The van der Waals surface area contributed by atoms with Crippen molar-refractivity contribution in [3.05, 3.63) is 35.9 Å². The van der Waals surface area contributed by atoms with Crippen LogP contribution in [0.25, 0.3) is 0 Å². The molecule has 0 aliphatic heterocycles. The number of methoxy groups -OCH3 is 1. The quantitative estimate of drug-likeness (QED) is 0.840. The standard InChI is InChI=1S/C15H23NO2/c1-11(10-14-8-6-5-7-9-14)16-15(17)12(2)13(3)18-4/h5-9,11-13H,10H2,1-4H3,(H,16,17)/t11-,12-,13+/m1/s1. The van der Waals surface area contributed by atoms with Gasteiger partial charge in [-0.2, -0.15) is 0 Å². The predicted molar refractivity (Wildman–Crippen MR) is 73.4 cm³/mol. The number of hydrogen-bond donors (Lipinski definition) is 1. The highest BCUT2D eigenvalue weighted by Crippen LogP contribution is 2.08. The van der Waals surface area contributed by atoms with E-state index >= 15 is 0 Å². The van der Waals surface area contributed by atoms with Gasteiger partial charge in [0.2, 0.25) is 5.91 Å². The highest BCUT2D eigenvalue weighted by molar-refractivity contribution is 5.79. The van der Waals surface area contributed by atoms with E-state index in [-0.39, 0.29) is 24.0 Å². The summed E-state index contributed by atoms with van der Waals surface area (Å²) in [4.78, 5) is 12.0. The SMILES string of the molecule is CO[C@@H](C)[C@@H](C)C(=O)N[C@H](C)Cc1ccccc1. The molecule has 1 aromatic rings. The molecule has 100 valence electrons. The van der Waals surface area contributed by atoms with Crippen molar-refractivity contribution in [3.8, 4) is 0 Å². The molecule has 3 nitrogen and oxygen atoms in total. The van der Waals surface area contributed by atoms with Crippen LogP contribution in [0.4, 0.5) is 0 Å². The Labute approximate surface area is 110 Å². The van der Waals surface area contributed by atoms with Crippen LogP contribution in [-0.4, -0.2) is 25.2 Å². The van der Waals surface area contributed by atoms with Crippen LogP contribution in [0.5, 0.6) is 0 Å². The molecule has 1 rings (SSSR count). The molecular weight excluding hydrogens is 226 g/mol. The Morgan fingerprint density at radius 3 is 2.39 bits per heavy atom. The minimum absolute atomic E-state index is 0.0489. The van der Waals surface area contributed by atoms with E-state index in [1.54, 1.807) is 7.11 Å². The summed E-state index contributed by atoms with van der Waals surface area (Å²) in [5.74, 6) is -0.0824. The van der Waals surface area contributed by atoms with Crippen molar-refractivity contribution >= 4 is 5.91 Å². The third-order valence-electron chi connectivity index (χ3n) is 3.26. The Morgan fingerprint density at radius 2 is 1.83 bits per heavy atom. The first-order chi connectivity index (χ1) is 8.54. The van der Waals surface area contributed by atoms with Crippen molar-refractivity contribution in [2.45, 2.75) is 39.3 Å². The zero-order valence-corrected chi connectivity index (χ0v) is 11.6. The topological polar surface area (TPSA) is 38.3 Å². The summed E-state index contributed by atoms with van der Waals surface area (Å²) < 4.78 is 5.17. The molecule has 0 aliphatic carbocycles. The number of hydrogen-bond acceptors (Lipinski definition) is 2. The summed E-state index contributed by atoms with van der Waals surface area (Å²) in [6.07, 6.45) is 0.787. The molecule has 0 aliphatic rings. The zero-order chi connectivity index (χ0) is 13.5. The lowest BCUT2D eigenvalue weighted by atomic mass is 10.0. The fourth-order valence-electron chi connectivity index (χ4n) is 1.81. The second-order valence-electron chi connectivity index (χ2n) is 4.83. The lowest BCUT2D eigenvalue weighted by molar-refractivity contribution is -0.128. The smallest absolute Gasteiger partial charge is 0.225 e. The summed E-state index contributed by atoms with van der Waals surface area (Å²) in [7, 11) is 1.63. The monoisotopic (exact) mass is 249 g/mol. The van der Waals surface area contributed by atoms with Crippen LogP contribution in [0.3, 0.4) is 0 Å². The highest BCUT2D eigenvalue weighted by atomic mass is 16.5. The Hall–Kier alpha value is -1.35. The predicted octanol–water partition coefficient (Wildman–Crippen LogP) is 2.40. The molecule has 0 fully saturated rings. The lowest BCUT2D eigenvalue weighted by Gasteiger charge is -2.21. The van der Waals surface area contributed by atoms with Gasteiger partial charge in [-0.05, 0) is 25.8 Å². The number of rotatable bonds is 6. The molecular formula is C15H23NO2. The summed E-state index contributed by atoms with van der Waals surface area (Å²) >= 11 is 0. The van der Waals surface area contributed by atoms with Crippen molar-refractivity contribution in [1.29, 1.82) is 0 Å². The van der Waals surface area contributed by atoms with Crippen molar-refractivity contribution in [2.24, 2.45) is 5.92 Å². The largest absolute Gasteiger partial charge is 0.381 e. The molecule has 0 aromatic heterocycles. The van der Waals surface area contributed by atoms with Gasteiger partial charge in [-0.15, -0.1) is 0 Å². The van der Waals surface area contributed by atoms with Crippen LogP contribution < -0.4 is 5.32 Å². The molecule has 0 radical (unpaired) electrons. The zero-order valence-electron chi connectivity index (χ0n) is 11.6. The maximum Gasteiger partial charge on any atom is 0.225 e. The maximum absolute atomic E-state index is 12.0. The fourth-order valence-corrected chi connectivity index (χ4v) is 1.81. The third kappa shape index (κ3) is 4.49. The van der Waals surface area contributed by atoms with E-state index in [9.17, 15) is 4.79 Å². The minimum Gasteiger partial charge on any atom is -0.381 e. The number of benzene rings is 1. The number of amides is 1. The van der Waals surface area contributed by atoms with Gasteiger partial charge in [0.15, 0.2) is 0 Å². The van der Waals surface area contributed by atoms with E-state index in [0.29, 0.717) is 0 Å². The normalized spacial score (nSPS) is 15.8. The van der Waals surface area contributed by atoms with Gasteiger partial charge >= 0.3 is 0 Å². The van der Waals surface area contributed by atoms with Gasteiger partial charge in [-0.25, -0.2) is 0 Å². The first-order valence-electron chi connectivity index (χ1n) is 6.41. The Balaban J connectivity index is 2.45. The molecule has 0 saturated heterocycles. The second kappa shape index (κ2) is 7.17. The van der Waals surface area contributed by atoms with Crippen LogP contribution >= 0.6 is 0 Å². The van der Waals surface area contributed by atoms with Crippen LogP contribution in [-0.2, 0) is 16.0 Å². The van der Waals surface area contributed by atoms with Gasteiger partial charge in [0.25, 0.3) is 0 Å². The second-order valence-corrected chi connectivity index (χ2v) is 4.83. The van der Waals surface area contributed by atoms with Crippen molar-refractivity contribution < 1.29 is 9.53 Å². The molecule has 0 spiro atoms. The maximum atomic E-state index is 12.0. The Kier molecular flexibility index (Phi) is 5.86. The van der Waals surface area contributed by atoms with Gasteiger partial charge in [0.1, 0.15) is 0 Å². The number of nitrogens with one attached hydrogen (secondary N) is 1. The molecule has 0 saturated carbocycles. The van der Waals surface area contributed by atoms with Crippen molar-refractivity contribution in [3.63, 3.8) is 0 Å². The van der Waals surface area contributed by atoms with Gasteiger partial charge in [0, 0.05) is 13.2 Å². The van der Waals surface area contributed by atoms with Crippen LogP contribution in [0.2, 0.25) is 0 Å². The highest BCUT2D eigenvalue weighted by Gasteiger charge is 2.21. The number of carbonyl (C=O) groups is 1. The Bertz CT molecular complexity index is 364. The van der Waals surface area contributed by atoms with Crippen molar-refractivity contribution in [2.75, 3.05) is 7.11 Å². The minimum atomic E-state index is -0.131. The van der Waals surface area contributed by atoms with Gasteiger partial charge in [0.05, 0.1) is 12.0 Å². The van der Waals surface area contributed by atoms with Gasteiger partial charge in [-0.3, -0.25) is 4.79 Å². The van der Waals surface area contributed by atoms with Gasteiger partial charge < -0.3 is 10.1 Å². The van der Waals surface area contributed by atoms with E-state index in [4.69, 9.17) is 4.74 Å². The molecule has 0 heterocycles. The van der Waals surface area contributed by atoms with Crippen LogP contribution in [0.15, 0.2) is 30.3 Å². The van der Waals surface area contributed by atoms with E-state index in [1.165, 1.54) is 5.56 Å². The average Bonchev–Trinajstić information content (AvgIpc) is 2.37. The molecule has 1 N–H and O–H groups in total. The molecule has 1 aromatic carbocycles. The molecule has 0 bridgehead atoms. The summed E-state index contributed by atoms with van der Waals surface area (Å²) in [5.41, 5.74) is 1.23. The summed E-state index contributed by atoms with van der Waals surface area (Å²) in [6, 6.07) is 10.3. The van der Waals surface area contributed by atoms with Crippen LogP contribution in [0, 0.1) is 5.92 Å². The van der Waals surface area contributed by atoms with Crippen LogP contribution in [0.1, 0.15) is 26.3 Å². The van der Waals surface area contributed by atoms with Crippen molar-refractivity contribution in [1.82, 2.24) is 5.32 Å². The first kappa shape index (κ1) is 14.7. The molecule has 0 unspecified atom stereocenters. The van der Waals surface area contributed by atoms with E-state index in [2.05, 4.69) is 17.4 Å². The van der Waals surface area contributed by atoms with E-state index < -0.39 is 0 Å². The number of ether oxygens (including phenoxy) is 1. The molecule has 3 heteroatoms. The Morgan fingerprint density at radius 1 is 1.22 bits per heavy atom. The summed E-state index contributed by atoms with van der Waals surface area (Å²) in [5, 5.41) is 3.02. The first-order valence-corrected chi connectivity index (χ1v) is 6.41. The number of carbonyl (C=O) groups excluding carboxylic acids is 1. The third-order valence-corrected chi connectivity index (χ3v) is 3.26. The molecule has 1 amide bonds. The molecule has 3 atom stereocenters. The average molecular weight is 249 g/mol. The van der Waals surface area contributed by atoms with Gasteiger partial charge in [-0.1, -0.05) is 37.3 Å². The van der Waals surface area contributed by atoms with E-state index in [0.717, 1.165) is 6.42 Å².